The highest BCUT2D eigenvalue weighted by Gasteiger charge is 2.43. The molecule has 2 aromatic carbocycles. The summed E-state index contributed by atoms with van der Waals surface area (Å²) in [5.41, 5.74) is 2.62. The Morgan fingerprint density at radius 2 is 1.61 bits per heavy atom. The van der Waals surface area contributed by atoms with E-state index in [4.69, 9.17) is 0 Å². The van der Waals surface area contributed by atoms with Crippen molar-refractivity contribution in [1.82, 2.24) is 15.2 Å². The fourth-order valence-electron chi connectivity index (χ4n) is 3.74. The summed E-state index contributed by atoms with van der Waals surface area (Å²) in [6.45, 7) is 3.90. The summed E-state index contributed by atoms with van der Waals surface area (Å²) in [6.07, 6.45) is 0.739. The number of nitrogens with one attached hydrogen (secondary N) is 1. The first-order chi connectivity index (χ1) is 15.0. The van der Waals surface area contributed by atoms with Crippen molar-refractivity contribution < 1.29 is 14.4 Å². The molecule has 0 bridgehead atoms. The second-order valence-electron chi connectivity index (χ2n) is 7.83. The van der Waals surface area contributed by atoms with Gasteiger partial charge in [0.25, 0.3) is 11.8 Å². The number of nitrogens with zero attached hydrogens (tertiary/aromatic N) is 2. The minimum absolute atomic E-state index is 0.230. The molecule has 3 amide bonds. The van der Waals surface area contributed by atoms with Crippen LogP contribution in [0.15, 0.2) is 60.0 Å². The number of fused-ring (bicyclic) bond motifs is 1. The second-order valence-corrected chi connectivity index (χ2v) is 8.77. The molecule has 0 fully saturated rings. The van der Waals surface area contributed by atoms with Gasteiger partial charge in [-0.1, -0.05) is 56.3 Å². The molecule has 4 rings (SSSR count). The smallest absolute Gasteiger partial charge is 0.262 e. The Balaban J connectivity index is 1.44. The van der Waals surface area contributed by atoms with Gasteiger partial charge in [-0.2, -0.15) is 0 Å². The topological polar surface area (TPSA) is 79.4 Å². The number of thiazole rings is 1. The molecule has 1 N–H and O–H groups in total. The van der Waals surface area contributed by atoms with Gasteiger partial charge >= 0.3 is 0 Å². The third-order valence-electron chi connectivity index (χ3n) is 5.24. The highest BCUT2D eigenvalue weighted by Crippen LogP contribution is 2.27. The van der Waals surface area contributed by atoms with E-state index in [0.717, 1.165) is 22.0 Å². The molecule has 7 heteroatoms. The molecule has 0 saturated carbocycles. The molecular formula is C24H23N3O3S. The molecule has 1 unspecified atom stereocenters. The van der Waals surface area contributed by atoms with Crippen molar-refractivity contribution >= 4 is 29.1 Å². The van der Waals surface area contributed by atoms with Crippen LogP contribution in [0, 0.1) is 5.92 Å². The molecular weight excluding hydrogens is 410 g/mol. The summed E-state index contributed by atoms with van der Waals surface area (Å²) < 4.78 is 0. The van der Waals surface area contributed by atoms with E-state index < -0.39 is 17.9 Å². The summed E-state index contributed by atoms with van der Waals surface area (Å²) in [7, 11) is 0. The molecule has 0 saturated heterocycles. The van der Waals surface area contributed by atoms with Crippen molar-refractivity contribution in [2.75, 3.05) is 0 Å². The average molecular weight is 434 g/mol. The van der Waals surface area contributed by atoms with E-state index in [1.54, 1.807) is 35.6 Å². The van der Waals surface area contributed by atoms with Crippen molar-refractivity contribution in [2.24, 2.45) is 5.92 Å². The Kier molecular flexibility index (Phi) is 5.95. The molecule has 1 atom stereocenters. The first kappa shape index (κ1) is 20.9. The highest BCUT2D eigenvalue weighted by atomic mass is 32.1. The summed E-state index contributed by atoms with van der Waals surface area (Å²) in [4.78, 5) is 44.3. The van der Waals surface area contributed by atoms with Gasteiger partial charge in [-0.15, -0.1) is 11.3 Å². The van der Waals surface area contributed by atoms with Gasteiger partial charge < -0.3 is 5.32 Å². The van der Waals surface area contributed by atoms with Gasteiger partial charge in [-0.25, -0.2) is 4.98 Å². The number of hydrogen-bond donors (Lipinski definition) is 1. The maximum Gasteiger partial charge on any atom is 0.262 e. The van der Waals surface area contributed by atoms with Crippen LogP contribution in [0.3, 0.4) is 0 Å². The zero-order valence-electron chi connectivity index (χ0n) is 17.4. The second kappa shape index (κ2) is 8.81. The molecule has 1 aliphatic rings. The van der Waals surface area contributed by atoms with Gasteiger partial charge in [0.05, 0.1) is 28.4 Å². The van der Waals surface area contributed by atoms with Crippen molar-refractivity contribution in [2.45, 2.75) is 32.9 Å². The molecule has 6 nitrogen and oxygen atoms in total. The molecule has 1 aliphatic heterocycles. The lowest BCUT2D eigenvalue weighted by molar-refractivity contribution is -0.126. The van der Waals surface area contributed by atoms with Gasteiger partial charge in [0.15, 0.2) is 0 Å². The van der Waals surface area contributed by atoms with E-state index in [2.05, 4.69) is 22.4 Å². The first-order valence-electron chi connectivity index (χ1n) is 10.2. The van der Waals surface area contributed by atoms with Crippen LogP contribution in [0.5, 0.6) is 0 Å². The van der Waals surface area contributed by atoms with Gasteiger partial charge in [-0.3, -0.25) is 19.3 Å². The number of benzene rings is 2. The summed E-state index contributed by atoms with van der Waals surface area (Å²) in [5.74, 6) is -1.44. The Bertz CT molecular complexity index is 1090. The maximum absolute atomic E-state index is 13.0. The third kappa shape index (κ3) is 4.27. The lowest BCUT2D eigenvalue weighted by Gasteiger charge is -2.28. The zero-order valence-corrected chi connectivity index (χ0v) is 18.2. The minimum Gasteiger partial charge on any atom is -0.349 e. The fourth-order valence-corrected chi connectivity index (χ4v) is 4.57. The quantitative estimate of drug-likeness (QED) is 0.577. The molecule has 158 valence electrons. The normalized spacial score (nSPS) is 14.1. The Labute approximate surface area is 184 Å². The van der Waals surface area contributed by atoms with Gasteiger partial charge in [0.2, 0.25) is 5.91 Å². The lowest BCUT2D eigenvalue weighted by Crippen LogP contribution is -2.52. The van der Waals surface area contributed by atoms with Crippen LogP contribution in [0.2, 0.25) is 0 Å². The van der Waals surface area contributed by atoms with Gasteiger partial charge in [0.1, 0.15) is 6.04 Å². The van der Waals surface area contributed by atoms with Gasteiger partial charge in [0, 0.05) is 11.8 Å². The standard InChI is InChI=1S/C24H23N3O3S/c1-15(2)21(27-23(29)18-10-6-7-11-19(18)24(27)30)22(28)25-13-17-14-31-20(26-17)12-16-8-4-3-5-9-16/h3-11,14-15,21H,12-13H2,1-2H3,(H,25,28). The van der Waals surface area contributed by atoms with Crippen LogP contribution < -0.4 is 5.32 Å². The van der Waals surface area contributed by atoms with Crippen molar-refractivity contribution in [1.29, 1.82) is 0 Å². The maximum atomic E-state index is 13.0. The van der Waals surface area contributed by atoms with E-state index >= 15 is 0 Å². The first-order valence-corrected chi connectivity index (χ1v) is 11.1. The van der Waals surface area contributed by atoms with Crippen LogP contribution >= 0.6 is 11.3 Å². The number of imide groups is 1. The number of amides is 3. The number of carbonyl (C=O) groups excluding carboxylic acids is 3. The summed E-state index contributed by atoms with van der Waals surface area (Å²) >= 11 is 1.55. The predicted octanol–water partition coefficient (Wildman–Crippen LogP) is 3.67. The van der Waals surface area contributed by atoms with E-state index in [1.165, 1.54) is 5.56 Å². The van der Waals surface area contributed by atoms with Crippen LogP contribution in [0.1, 0.15) is 50.8 Å². The van der Waals surface area contributed by atoms with Crippen molar-refractivity contribution in [3.63, 3.8) is 0 Å². The van der Waals surface area contributed by atoms with E-state index in [0.29, 0.717) is 11.1 Å². The molecule has 3 aromatic rings. The van der Waals surface area contributed by atoms with Gasteiger partial charge in [-0.05, 0) is 23.6 Å². The minimum atomic E-state index is -0.880. The van der Waals surface area contributed by atoms with E-state index in [-0.39, 0.29) is 18.4 Å². The molecule has 0 radical (unpaired) electrons. The summed E-state index contributed by atoms with van der Waals surface area (Å²) in [6, 6.07) is 15.9. The number of rotatable bonds is 7. The fraction of sp³-hybridized carbons (Fsp3) is 0.250. The van der Waals surface area contributed by atoms with Crippen LogP contribution in [-0.2, 0) is 17.8 Å². The monoisotopic (exact) mass is 433 g/mol. The van der Waals surface area contributed by atoms with Crippen LogP contribution in [-0.4, -0.2) is 33.6 Å². The zero-order chi connectivity index (χ0) is 22.0. The Morgan fingerprint density at radius 1 is 1.00 bits per heavy atom. The number of aromatic nitrogens is 1. The molecule has 0 spiro atoms. The van der Waals surface area contributed by atoms with E-state index in [9.17, 15) is 14.4 Å². The predicted molar refractivity (Wildman–Crippen MR) is 119 cm³/mol. The van der Waals surface area contributed by atoms with E-state index in [1.807, 2.05) is 37.4 Å². The van der Waals surface area contributed by atoms with Crippen LogP contribution in [0.25, 0.3) is 0 Å². The molecule has 31 heavy (non-hydrogen) atoms. The SMILES string of the molecule is CC(C)C(C(=O)NCc1csc(Cc2ccccc2)n1)N1C(=O)c2ccccc2C1=O. The highest BCUT2D eigenvalue weighted by molar-refractivity contribution is 7.09. The third-order valence-corrected chi connectivity index (χ3v) is 6.14. The van der Waals surface area contributed by atoms with Crippen molar-refractivity contribution in [3.05, 3.63) is 87.4 Å². The summed E-state index contributed by atoms with van der Waals surface area (Å²) in [5, 5.41) is 5.75. The molecule has 0 aliphatic carbocycles. The van der Waals surface area contributed by atoms with Crippen molar-refractivity contribution in [3.8, 4) is 0 Å². The lowest BCUT2D eigenvalue weighted by atomic mass is 10.0. The largest absolute Gasteiger partial charge is 0.349 e. The Morgan fingerprint density at radius 3 is 2.23 bits per heavy atom. The average Bonchev–Trinajstić information content (AvgIpc) is 3.31. The molecule has 1 aromatic heterocycles. The number of hydrogen-bond acceptors (Lipinski definition) is 5. The number of carbonyl (C=O) groups is 3. The Hall–Kier alpha value is -3.32. The van der Waals surface area contributed by atoms with Crippen LogP contribution in [0.4, 0.5) is 0 Å². The molecule has 2 heterocycles.